The Morgan fingerprint density at radius 1 is 1.12 bits per heavy atom. The van der Waals surface area contributed by atoms with Gasteiger partial charge in [-0.15, -0.1) is 0 Å². The van der Waals surface area contributed by atoms with Crippen molar-refractivity contribution in [2.24, 2.45) is 0 Å². The molecule has 0 saturated carbocycles. The number of rotatable bonds is 8. The monoisotopic (exact) mass is 235 g/mol. The van der Waals surface area contributed by atoms with Crippen LogP contribution in [0.1, 0.15) is 25.8 Å². The minimum atomic E-state index is 0.583. The molecule has 0 heterocycles. The smallest absolute Gasteiger partial charge is 0.0383 e. The average Bonchev–Trinajstić information content (AvgIpc) is 2.33. The summed E-state index contributed by atoms with van der Waals surface area (Å²) in [5.74, 6) is 0. The molecule has 0 bridgehead atoms. The molecule has 0 spiro atoms. The largest absolute Gasteiger partial charge is 0.388 e. The zero-order chi connectivity index (χ0) is 12.5. The molecule has 17 heavy (non-hydrogen) atoms. The first-order chi connectivity index (χ1) is 8.24. The van der Waals surface area contributed by atoms with Crippen LogP contribution < -0.4 is 16.0 Å². The van der Waals surface area contributed by atoms with Crippen molar-refractivity contribution in [3.05, 3.63) is 29.8 Å². The molecular weight excluding hydrogens is 210 g/mol. The highest BCUT2D eigenvalue weighted by molar-refractivity contribution is 5.50. The minimum Gasteiger partial charge on any atom is -0.388 e. The predicted molar refractivity (Wildman–Crippen MR) is 75.5 cm³/mol. The van der Waals surface area contributed by atoms with E-state index in [9.17, 15) is 0 Å². The summed E-state index contributed by atoms with van der Waals surface area (Å²) in [6, 6.07) is 8.99. The highest BCUT2D eigenvalue weighted by Gasteiger charge is 1.98. The van der Waals surface area contributed by atoms with Gasteiger partial charge in [-0.05, 0) is 31.1 Å². The van der Waals surface area contributed by atoms with E-state index < -0.39 is 0 Å². The number of para-hydroxylation sites is 1. The fourth-order valence-electron chi connectivity index (χ4n) is 1.75. The van der Waals surface area contributed by atoms with Crippen LogP contribution in [0.25, 0.3) is 0 Å². The zero-order valence-corrected chi connectivity index (χ0v) is 11.2. The summed E-state index contributed by atoms with van der Waals surface area (Å²) in [6.07, 6.45) is 1.17. The van der Waals surface area contributed by atoms with Crippen molar-refractivity contribution in [1.29, 1.82) is 0 Å². The molecule has 0 radical (unpaired) electrons. The molecule has 1 aromatic rings. The number of hydrogen-bond donors (Lipinski definition) is 3. The molecule has 3 nitrogen and oxygen atoms in total. The fraction of sp³-hybridized carbons (Fsp3) is 0.571. The van der Waals surface area contributed by atoms with Gasteiger partial charge in [0, 0.05) is 25.3 Å². The third kappa shape index (κ3) is 5.71. The van der Waals surface area contributed by atoms with E-state index in [1.165, 1.54) is 17.7 Å². The maximum atomic E-state index is 3.47. The van der Waals surface area contributed by atoms with Gasteiger partial charge < -0.3 is 16.0 Å². The van der Waals surface area contributed by atoms with Gasteiger partial charge in [-0.3, -0.25) is 0 Å². The SMILES string of the molecule is CNc1ccccc1CNCCCNC(C)C. The highest BCUT2D eigenvalue weighted by Crippen LogP contribution is 2.13. The molecule has 0 aliphatic heterocycles. The van der Waals surface area contributed by atoms with E-state index in [0.717, 1.165) is 19.6 Å². The summed E-state index contributed by atoms with van der Waals surface area (Å²) in [7, 11) is 1.96. The molecule has 0 fully saturated rings. The van der Waals surface area contributed by atoms with Crippen LogP contribution in [-0.4, -0.2) is 26.2 Å². The summed E-state index contributed by atoms with van der Waals surface area (Å²) in [4.78, 5) is 0. The number of anilines is 1. The molecule has 1 aromatic carbocycles. The molecule has 96 valence electrons. The lowest BCUT2D eigenvalue weighted by Gasteiger charge is -2.11. The Labute approximate surface area is 105 Å². The molecule has 0 aliphatic rings. The van der Waals surface area contributed by atoms with Crippen LogP contribution in [0.5, 0.6) is 0 Å². The molecule has 0 saturated heterocycles. The van der Waals surface area contributed by atoms with Crippen molar-refractivity contribution in [2.45, 2.75) is 32.9 Å². The van der Waals surface area contributed by atoms with Gasteiger partial charge in [0.1, 0.15) is 0 Å². The number of nitrogens with one attached hydrogen (secondary N) is 3. The normalized spacial score (nSPS) is 10.8. The van der Waals surface area contributed by atoms with Gasteiger partial charge >= 0.3 is 0 Å². The summed E-state index contributed by atoms with van der Waals surface area (Å²) in [5.41, 5.74) is 2.53. The van der Waals surface area contributed by atoms with Gasteiger partial charge in [-0.1, -0.05) is 32.0 Å². The first-order valence-electron chi connectivity index (χ1n) is 6.43. The lowest BCUT2D eigenvalue weighted by Crippen LogP contribution is -2.26. The Morgan fingerprint density at radius 3 is 2.59 bits per heavy atom. The van der Waals surface area contributed by atoms with E-state index in [-0.39, 0.29) is 0 Å². The van der Waals surface area contributed by atoms with Gasteiger partial charge in [0.05, 0.1) is 0 Å². The van der Waals surface area contributed by atoms with E-state index in [2.05, 4.69) is 54.1 Å². The van der Waals surface area contributed by atoms with Gasteiger partial charge in [0.25, 0.3) is 0 Å². The fourth-order valence-corrected chi connectivity index (χ4v) is 1.75. The second-order valence-corrected chi connectivity index (χ2v) is 4.55. The first-order valence-corrected chi connectivity index (χ1v) is 6.43. The van der Waals surface area contributed by atoms with Crippen LogP contribution in [-0.2, 0) is 6.54 Å². The Bertz CT molecular complexity index is 310. The van der Waals surface area contributed by atoms with Crippen LogP contribution in [0.2, 0.25) is 0 Å². The molecule has 0 atom stereocenters. The van der Waals surface area contributed by atoms with Gasteiger partial charge in [0.2, 0.25) is 0 Å². The third-order valence-corrected chi connectivity index (χ3v) is 2.69. The van der Waals surface area contributed by atoms with E-state index in [1.807, 2.05) is 7.05 Å². The molecule has 3 N–H and O–H groups in total. The maximum Gasteiger partial charge on any atom is 0.0383 e. The van der Waals surface area contributed by atoms with E-state index in [4.69, 9.17) is 0 Å². The molecular formula is C14H25N3. The number of hydrogen-bond acceptors (Lipinski definition) is 3. The molecule has 0 aliphatic carbocycles. The lowest BCUT2D eigenvalue weighted by atomic mass is 10.2. The van der Waals surface area contributed by atoms with Crippen molar-refractivity contribution in [3.63, 3.8) is 0 Å². The molecule has 0 unspecified atom stereocenters. The standard InChI is InChI=1S/C14H25N3/c1-12(2)17-10-6-9-16-11-13-7-4-5-8-14(13)15-3/h4-5,7-8,12,15-17H,6,9-11H2,1-3H3. The van der Waals surface area contributed by atoms with Crippen molar-refractivity contribution >= 4 is 5.69 Å². The summed E-state index contributed by atoms with van der Waals surface area (Å²) < 4.78 is 0. The second kappa shape index (κ2) is 8.09. The average molecular weight is 235 g/mol. The third-order valence-electron chi connectivity index (χ3n) is 2.69. The molecule has 1 rings (SSSR count). The second-order valence-electron chi connectivity index (χ2n) is 4.55. The Hall–Kier alpha value is -1.06. The van der Waals surface area contributed by atoms with Crippen LogP contribution in [0.15, 0.2) is 24.3 Å². The van der Waals surface area contributed by atoms with Crippen molar-refractivity contribution < 1.29 is 0 Å². The Morgan fingerprint density at radius 2 is 1.88 bits per heavy atom. The van der Waals surface area contributed by atoms with Crippen molar-refractivity contribution in [1.82, 2.24) is 10.6 Å². The Kier molecular flexibility index (Phi) is 6.67. The van der Waals surface area contributed by atoms with E-state index >= 15 is 0 Å². The van der Waals surface area contributed by atoms with Crippen LogP contribution in [0.3, 0.4) is 0 Å². The van der Waals surface area contributed by atoms with Crippen LogP contribution >= 0.6 is 0 Å². The summed E-state index contributed by atoms with van der Waals surface area (Å²) >= 11 is 0. The molecule has 3 heteroatoms. The van der Waals surface area contributed by atoms with Gasteiger partial charge in [-0.2, -0.15) is 0 Å². The zero-order valence-electron chi connectivity index (χ0n) is 11.2. The van der Waals surface area contributed by atoms with E-state index in [1.54, 1.807) is 0 Å². The lowest BCUT2D eigenvalue weighted by molar-refractivity contribution is 0.548. The van der Waals surface area contributed by atoms with E-state index in [0.29, 0.717) is 6.04 Å². The molecule has 0 amide bonds. The highest BCUT2D eigenvalue weighted by atomic mass is 14.9. The number of benzene rings is 1. The van der Waals surface area contributed by atoms with Crippen LogP contribution in [0.4, 0.5) is 5.69 Å². The van der Waals surface area contributed by atoms with Crippen molar-refractivity contribution in [3.8, 4) is 0 Å². The van der Waals surface area contributed by atoms with Crippen LogP contribution in [0, 0.1) is 0 Å². The van der Waals surface area contributed by atoms with Crippen molar-refractivity contribution in [2.75, 3.05) is 25.5 Å². The first kappa shape index (κ1) is 14.0. The minimum absolute atomic E-state index is 0.583. The summed E-state index contributed by atoms with van der Waals surface area (Å²) in [5, 5.41) is 10.1. The predicted octanol–water partition coefficient (Wildman–Crippen LogP) is 2.21. The van der Waals surface area contributed by atoms with Gasteiger partial charge in [0.15, 0.2) is 0 Å². The quantitative estimate of drug-likeness (QED) is 0.605. The maximum absolute atomic E-state index is 3.47. The Balaban J connectivity index is 2.17. The van der Waals surface area contributed by atoms with Gasteiger partial charge in [-0.25, -0.2) is 0 Å². The topological polar surface area (TPSA) is 36.1 Å². The molecule has 0 aromatic heterocycles. The summed E-state index contributed by atoms with van der Waals surface area (Å²) in [6.45, 7) is 7.42.